The van der Waals surface area contributed by atoms with Gasteiger partial charge >= 0.3 is 0 Å². The highest BCUT2D eigenvalue weighted by Crippen LogP contribution is 2.32. The van der Waals surface area contributed by atoms with Crippen LogP contribution in [0.2, 0.25) is 0 Å². The molecule has 1 aromatic rings. The lowest BCUT2D eigenvalue weighted by Crippen LogP contribution is -2.29. The van der Waals surface area contributed by atoms with Crippen molar-refractivity contribution in [2.45, 2.75) is 38.8 Å². The summed E-state index contributed by atoms with van der Waals surface area (Å²) in [5, 5.41) is 3.11. The van der Waals surface area contributed by atoms with E-state index in [-0.39, 0.29) is 5.56 Å². The zero-order chi connectivity index (χ0) is 12.3. The Balaban J connectivity index is 2.21. The number of aromatic amines is 1. The second-order valence-electron chi connectivity index (χ2n) is 4.55. The van der Waals surface area contributed by atoms with Crippen LogP contribution in [0.5, 0.6) is 0 Å². The standard InChI is InChI=1S/C12H19N3O2/c1-3-13-7-9-8-14-11(15-10(9)16)12(2)5-4-6-17-12/h8,13H,3-7H2,1-2H3,(H,14,15,16). The second kappa shape index (κ2) is 4.98. The van der Waals surface area contributed by atoms with Gasteiger partial charge in [-0.05, 0) is 26.3 Å². The average molecular weight is 237 g/mol. The Morgan fingerprint density at radius 3 is 3.06 bits per heavy atom. The predicted octanol–water partition coefficient (Wildman–Crippen LogP) is 0.905. The first-order valence-corrected chi connectivity index (χ1v) is 6.09. The van der Waals surface area contributed by atoms with Gasteiger partial charge in [0.05, 0.1) is 0 Å². The number of nitrogens with zero attached hydrogens (tertiary/aromatic N) is 1. The van der Waals surface area contributed by atoms with Gasteiger partial charge in [0, 0.05) is 24.9 Å². The van der Waals surface area contributed by atoms with Crippen LogP contribution in [-0.2, 0) is 16.9 Å². The molecule has 1 fully saturated rings. The molecule has 2 rings (SSSR count). The topological polar surface area (TPSA) is 67.0 Å². The maximum absolute atomic E-state index is 11.9. The molecule has 0 amide bonds. The van der Waals surface area contributed by atoms with E-state index in [1.807, 2.05) is 13.8 Å². The lowest BCUT2D eigenvalue weighted by atomic mass is 10.0. The molecule has 2 heterocycles. The third kappa shape index (κ3) is 2.56. The smallest absolute Gasteiger partial charge is 0.255 e. The number of H-pyrrole nitrogens is 1. The number of aromatic nitrogens is 2. The first kappa shape index (κ1) is 12.3. The van der Waals surface area contributed by atoms with Crippen LogP contribution in [0.3, 0.4) is 0 Å². The molecule has 0 saturated carbocycles. The molecule has 1 aliphatic heterocycles. The summed E-state index contributed by atoms with van der Waals surface area (Å²) in [6.07, 6.45) is 3.56. The molecule has 1 atom stereocenters. The molecule has 1 aromatic heterocycles. The second-order valence-corrected chi connectivity index (χ2v) is 4.55. The van der Waals surface area contributed by atoms with Gasteiger partial charge in [-0.1, -0.05) is 6.92 Å². The monoisotopic (exact) mass is 237 g/mol. The lowest BCUT2D eigenvalue weighted by Gasteiger charge is -2.21. The van der Waals surface area contributed by atoms with Crippen LogP contribution in [0.1, 0.15) is 38.1 Å². The molecule has 2 N–H and O–H groups in total. The maximum atomic E-state index is 11.9. The van der Waals surface area contributed by atoms with Gasteiger partial charge in [-0.25, -0.2) is 4.98 Å². The van der Waals surface area contributed by atoms with E-state index in [2.05, 4.69) is 15.3 Å². The summed E-state index contributed by atoms with van der Waals surface area (Å²) in [5.41, 5.74) is 0.167. The van der Waals surface area contributed by atoms with Crippen LogP contribution in [0, 0.1) is 0 Å². The molecule has 94 valence electrons. The van der Waals surface area contributed by atoms with Gasteiger partial charge < -0.3 is 15.0 Å². The number of rotatable bonds is 4. The minimum absolute atomic E-state index is 0.0762. The highest BCUT2D eigenvalue weighted by Gasteiger charge is 2.34. The van der Waals surface area contributed by atoms with Crippen LogP contribution >= 0.6 is 0 Å². The zero-order valence-electron chi connectivity index (χ0n) is 10.4. The number of ether oxygens (including phenoxy) is 1. The zero-order valence-corrected chi connectivity index (χ0v) is 10.4. The van der Waals surface area contributed by atoms with E-state index in [4.69, 9.17) is 4.74 Å². The largest absolute Gasteiger partial charge is 0.367 e. The highest BCUT2D eigenvalue weighted by atomic mass is 16.5. The van der Waals surface area contributed by atoms with Crippen molar-refractivity contribution in [3.05, 3.63) is 27.9 Å². The molecule has 0 radical (unpaired) electrons. The fraction of sp³-hybridized carbons (Fsp3) is 0.667. The van der Waals surface area contributed by atoms with Crippen molar-refractivity contribution in [1.29, 1.82) is 0 Å². The van der Waals surface area contributed by atoms with Crippen molar-refractivity contribution in [3.63, 3.8) is 0 Å². The van der Waals surface area contributed by atoms with Gasteiger partial charge in [0.15, 0.2) is 0 Å². The predicted molar refractivity (Wildman–Crippen MR) is 64.8 cm³/mol. The van der Waals surface area contributed by atoms with E-state index >= 15 is 0 Å². The summed E-state index contributed by atoms with van der Waals surface area (Å²) in [6.45, 7) is 6.10. The Labute approximate surface area is 101 Å². The molecule has 0 aromatic carbocycles. The van der Waals surface area contributed by atoms with Crippen LogP contribution in [0.4, 0.5) is 0 Å². The van der Waals surface area contributed by atoms with E-state index in [1.54, 1.807) is 6.20 Å². The van der Waals surface area contributed by atoms with Crippen LogP contribution in [0.25, 0.3) is 0 Å². The van der Waals surface area contributed by atoms with Crippen molar-refractivity contribution in [2.24, 2.45) is 0 Å². The average Bonchev–Trinajstić information content (AvgIpc) is 2.76. The first-order chi connectivity index (χ1) is 8.15. The third-order valence-corrected chi connectivity index (χ3v) is 3.16. The quantitative estimate of drug-likeness (QED) is 0.816. The summed E-state index contributed by atoms with van der Waals surface area (Å²) in [6, 6.07) is 0. The summed E-state index contributed by atoms with van der Waals surface area (Å²) in [5.74, 6) is 0.639. The fourth-order valence-electron chi connectivity index (χ4n) is 2.04. The normalized spacial score (nSPS) is 24.1. The van der Waals surface area contributed by atoms with E-state index in [1.165, 1.54) is 0 Å². The Hall–Kier alpha value is -1.20. The molecule has 5 heteroatoms. The van der Waals surface area contributed by atoms with Crippen LogP contribution < -0.4 is 10.9 Å². The van der Waals surface area contributed by atoms with Gasteiger partial charge in [-0.3, -0.25) is 4.79 Å². The Bertz CT molecular complexity index is 436. The maximum Gasteiger partial charge on any atom is 0.255 e. The molecule has 0 spiro atoms. The van der Waals surface area contributed by atoms with E-state index in [9.17, 15) is 4.79 Å². The van der Waals surface area contributed by atoms with Crippen LogP contribution in [0.15, 0.2) is 11.0 Å². The van der Waals surface area contributed by atoms with Crippen LogP contribution in [-0.4, -0.2) is 23.1 Å². The summed E-state index contributed by atoms with van der Waals surface area (Å²) in [7, 11) is 0. The molecular formula is C12H19N3O2. The van der Waals surface area contributed by atoms with E-state index < -0.39 is 5.60 Å². The summed E-state index contributed by atoms with van der Waals surface area (Å²) in [4.78, 5) is 19.0. The lowest BCUT2D eigenvalue weighted by molar-refractivity contribution is 0.00908. The van der Waals surface area contributed by atoms with Crippen molar-refractivity contribution in [1.82, 2.24) is 15.3 Å². The minimum atomic E-state index is -0.421. The molecule has 5 nitrogen and oxygen atoms in total. The number of hydrogen-bond acceptors (Lipinski definition) is 4. The molecule has 1 unspecified atom stereocenters. The molecule has 0 aliphatic carbocycles. The molecule has 1 aliphatic rings. The Kier molecular flexibility index (Phi) is 3.59. The van der Waals surface area contributed by atoms with Crippen molar-refractivity contribution >= 4 is 0 Å². The molecule has 0 bridgehead atoms. The molecular weight excluding hydrogens is 218 g/mol. The van der Waals surface area contributed by atoms with E-state index in [0.29, 0.717) is 17.9 Å². The van der Waals surface area contributed by atoms with Crippen molar-refractivity contribution < 1.29 is 4.74 Å². The van der Waals surface area contributed by atoms with Crippen molar-refractivity contribution in [3.8, 4) is 0 Å². The van der Waals surface area contributed by atoms with Gasteiger partial charge in [0.25, 0.3) is 5.56 Å². The minimum Gasteiger partial charge on any atom is -0.367 e. The highest BCUT2D eigenvalue weighted by molar-refractivity contribution is 5.10. The van der Waals surface area contributed by atoms with Crippen molar-refractivity contribution in [2.75, 3.05) is 13.2 Å². The summed E-state index contributed by atoms with van der Waals surface area (Å²) < 4.78 is 5.65. The summed E-state index contributed by atoms with van der Waals surface area (Å²) >= 11 is 0. The SMILES string of the molecule is CCNCc1cnc(C2(C)CCCO2)[nH]c1=O. The third-order valence-electron chi connectivity index (χ3n) is 3.16. The Morgan fingerprint density at radius 1 is 1.65 bits per heavy atom. The molecule has 1 saturated heterocycles. The van der Waals surface area contributed by atoms with Gasteiger partial charge in [0.2, 0.25) is 0 Å². The van der Waals surface area contributed by atoms with Gasteiger partial charge in [-0.2, -0.15) is 0 Å². The number of nitrogens with one attached hydrogen (secondary N) is 2. The van der Waals surface area contributed by atoms with Gasteiger partial charge in [0.1, 0.15) is 11.4 Å². The van der Waals surface area contributed by atoms with E-state index in [0.717, 1.165) is 26.0 Å². The number of hydrogen-bond donors (Lipinski definition) is 2. The Morgan fingerprint density at radius 2 is 2.47 bits per heavy atom. The van der Waals surface area contributed by atoms with Gasteiger partial charge in [-0.15, -0.1) is 0 Å². The fourth-order valence-corrected chi connectivity index (χ4v) is 2.04. The molecule has 17 heavy (non-hydrogen) atoms. The first-order valence-electron chi connectivity index (χ1n) is 6.09.